The standard InChI is InChI=1S/C15H14ClNO2/c1-11(12-4-2-5-13(16)10-12)17-15(18)8-7-14-6-3-9-19-14/h2-11H,1H3,(H,17,18)/b8-7+. The largest absolute Gasteiger partial charge is 0.465 e. The van der Waals surface area contributed by atoms with Crippen molar-refractivity contribution in [2.45, 2.75) is 13.0 Å². The van der Waals surface area contributed by atoms with E-state index in [1.54, 1.807) is 30.5 Å². The molecule has 0 radical (unpaired) electrons. The highest BCUT2D eigenvalue weighted by Crippen LogP contribution is 2.17. The van der Waals surface area contributed by atoms with Crippen LogP contribution in [0.3, 0.4) is 0 Å². The molecule has 4 heteroatoms. The monoisotopic (exact) mass is 275 g/mol. The van der Waals surface area contributed by atoms with Crippen LogP contribution in [-0.4, -0.2) is 5.91 Å². The van der Waals surface area contributed by atoms with Crippen LogP contribution < -0.4 is 5.32 Å². The molecule has 1 unspecified atom stereocenters. The predicted octanol–water partition coefficient (Wildman–Crippen LogP) is 3.82. The average molecular weight is 276 g/mol. The lowest BCUT2D eigenvalue weighted by molar-refractivity contribution is -0.117. The van der Waals surface area contributed by atoms with Gasteiger partial charge in [-0.05, 0) is 42.8 Å². The Balaban J connectivity index is 1.95. The number of amides is 1. The first-order valence-corrected chi connectivity index (χ1v) is 6.30. The van der Waals surface area contributed by atoms with Crippen LogP contribution >= 0.6 is 11.6 Å². The van der Waals surface area contributed by atoms with Crippen LogP contribution in [0.25, 0.3) is 6.08 Å². The number of hydrogen-bond donors (Lipinski definition) is 1. The number of halogens is 1. The molecule has 0 aliphatic carbocycles. The van der Waals surface area contributed by atoms with Gasteiger partial charge in [0, 0.05) is 11.1 Å². The van der Waals surface area contributed by atoms with Gasteiger partial charge in [0.1, 0.15) is 5.76 Å². The number of carbonyl (C=O) groups excluding carboxylic acids is 1. The zero-order chi connectivity index (χ0) is 13.7. The van der Waals surface area contributed by atoms with Crippen LogP contribution in [0.2, 0.25) is 5.02 Å². The first-order valence-electron chi connectivity index (χ1n) is 5.93. The minimum atomic E-state index is -0.177. The Labute approximate surface area is 116 Å². The van der Waals surface area contributed by atoms with Crippen molar-refractivity contribution in [2.24, 2.45) is 0 Å². The molecule has 1 N–H and O–H groups in total. The van der Waals surface area contributed by atoms with Crippen LogP contribution in [-0.2, 0) is 4.79 Å². The number of nitrogens with one attached hydrogen (secondary N) is 1. The van der Waals surface area contributed by atoms with Crippen molar-refractivity contribution in [1.82, 2.24) is 5.32 Å². The molecular weight excluding hydrogens is 262 g/mol. The summed E-state index contributed by atoms with van der Waals surface area (Å²) in [6, 6.07) is 10.9. The third-order valence-corrected chi connectivity index (χ3v) is 2.88. The molecule has 2 aromatic rings. The molecule has 0 aliphatic rings. The second kappa shape index (κ2) is 6.25. The van der Waals surface area contributed by atoms with Crippen molar-refractivity contribution in [1.29, 1.82) is 0 Å². The lowest BCUT2D eigenvalue weighted by Crippen LogP contribution is -2.24. The molecule has 3 nitrogen and oxygen atoms in total. The van der Waals surface area contributed by atoms with Gasteiger partial charge in [0.15, 0.2) is 0 Å². The highest BCUT2D eigenvalue weighted by atomic mass is 35.5. The van der Waals surface area contributed by atoms with Crippen LogP contribution in [0.1, 0.15) is 24.3 Å². The normalized spacial score (nSPS) is 12.5. The Morgan fingerprint density at radius 1 is 1.37 bits per heavy atom. The van der Waals surface area contributed by atoms with Crippen LogP contribution in [0.15, 0.2) is 53.2 Å². The van der Waals surface area contributed by atoms with E-state index in [1.165, 1.54) is 6.08 Å². The van der Waals surface area contributed by atoms with E-state index in [9.17, 15) is 4.79 Å². The highest BCUT2D eigenvalue weighted by molar-refractivity contribution is 6.30. The summed E-state index contributed by atoms with van der Waals surface area (Å²) in [7, 11) is 0. The maximum atomic E-state index is 11.7. The maximum Gasteiger partial charge on any atom is 0.244 e. The number of benzene rings is 1. The van der Waals surface area contributed by atoms with E-state index in [0.29, 0.717) is 10.8 Å². The van der Waals surface area contributed by atoms with Gasteiger partial charge in [-0.1, -0.05) is 23.7 Å². The van der Waals surface area contributed by atoms with Gasteiger partial charge in [-0.15, -0.1) is 0 Å². The Kier molecular flexibility index (Phi) is 4.42. The molecule has 19 heavy (non-hydrogen) atoms. The molecule has 1 amide bonds. The summed E-state index contributed by atoms with van der Waals surface area (Å²) in [6.45, 7) is 1.91. The smallest absolute Gasteiger partial charge is 0.244 e. The van der Waals surface area contributed by atoms with Crippen molar-refractivity contribution in [2.75, 3.05) is 0 Å². The first-order chi connectivity index (χ1) is 9.15. The van der Waals surface area contributed by atoms with Crippen molar-refractivity contribution in [3.8, 4) is 0 Å². The summed E-state index contributed by atoms with van der Waals surface area (Å²) in [5.41, 5.74) is 0.965. The highest BCUT2D eigenvalue weighted by Gasteiger charge is 2.07. The molecule has 0 saturated heterocycles. The van der Waals surface area contributed by atoms with Crippen molar-refractivity contribution >= 4 is 23.6 Å². The Morgan fingerprint density at radius 2 is 2.21 bits per heavy atom. The number of carbonyl (C=O) groups is 1. The molecule has 1 aromatic carbocycles. The molecular formula is C15H14ClNO2. The fourth-order valence-corrected chi connectivity index (χ4v) is 1.86. The van der Waals surface area contributed by atoms with Gasteiger partial charge in [-0.25, -0.2) is 0 Å². The SMILES string of the molecule is CC(NC(=O)/C=C/c1ccco1)c1cccc(Cl)c1. The summed E-state index contributed by atoms with van der Waals surface area (Å²) in [5, 5.41) is 3.52. The van der Waals surface area contributed by atoms with E-state index in [-0.39, 0.29) is 11.9 Å². The topological polar surface area (TPSA) is 42.2 Å². The summed E-state index contributed by atoms with van der Waals surface area (Å²) in [5.74, 6) is 0.467. The fraction of sp³-hybridized carbons (Fsp3) is 0.133. The molecule has 1 heterocycles. The molecule has 1 atom stereocenters. The quantitative estimate of drug-likeness (QED) is 0.862. The van der Waals surface area contributed by atoms with Gasteiger partial charge in [-0.3, -0.25) is 4.79 Å². The number of rotatable bonds is 4. The molecule has 98 valence electrons. The zero-order valence-electron chi connectivity index (χ0n) is 10.5. The predicted molar refractivity (Wildman–Crippen MR) is 75.8 cm³/mol. The van der Waals surface area contributed by atoms with Gasteiger partial charge < -0.3 is 9.73 Å². The second-order valence-corrected chi connectivity index (χ2v) is 4.57. The molecule has 0 bridgehead atoms. The van der Waals surface area contributed by atoms with Crippen LogP contribution in [0, 0.1) is 0 Å². The van der Waals surface area contributed by atoms with E-state index >= 15 is 0 Å². The molecule has 0 saturated carbocycles. The maximum absolute atomic E-state index is 11.7. The molecule has 0 aliphatic heterocycles. The van der Waals surface area contributed by atoms with Crippen LogP contribution in [0.5, 0.6) is 0 Å². The van der Waals surface area contributed by atoms with E-state index in [0.717, 1.165) is 5.56 Å². The number of hydrogen-bond acceptors (Lipinski definition) is 2. The lowest BCUT2D eigenvalue weighted by Gasteiger charge is -2.13. The Bertz CT molecular complexity index is 576. The van der Waals surface area contributed by atoms with Gasteiger partial charge in [-0.2, -0.15) is 0 Å². The zero-order valence-corrected chi connectivity index (χ0v) is 11.2. The first kappa shape index (κ1) is 13.4. The minimum Gasteiger partial charge on any atom is -0.465 e. The van der Waals surface area contributed by atoms with Gasteiger partial charge in [0.05, 0.1) is 12.3 Å². The summed E-state index contributed by atoms with van der Waals surface area (Å²) < 4.78 is 5.10. The fourth-order valence-electron chi connectivity index (χ4n) is 1.66. The summed E-state index contributed by atoms with van der Waals surface area (Å²) in [6.07, 6.45) is 4.63. The average Bonchev–Trinajstić information content (AvgIpc) is 2.89. The van der Waals surface area contributed by atoms with Crippen molar-refractivity contribution in [3.05, 3.63) is 65.1 Å². The summed E-state index contributed by atoms with van der Waals surface area (Å²) in [4.78, 5) is 11.7. The lowest BCUT2D eigenvalue weighted by atomic mass is 10.1. The summed E-state index contributed by atoms with van der Waals surface area (Å²) >= 11 is 5.92. The molecule has 0 spiro atoms. The van der Waals surface area contributed by atoms with E-state index < -0.39 is 0 Å². The molecule has 2 rings (SSSR count). The second-order valence-electron chi connectivity index (χ2n) is 4.13. The third-order valence-electron chi connectivity index (χ3n) is 2.65. The van der Waals surface area contributed by atoms with Crippen molar-refractivity contribution in [3.63, 3.8) is 0 Å². The van der Waals surface area contributed by atoms with Crippen molar-refractivity contribution < 1.29 is 9.21 Å². The van der Waals surface area contributed by atoms with Crippen LogP contribution in [0.4, 0.5) is 0 Å². The molecule has 0 fully saturated rings. The minimum absolute atomic E-state index is 0.104. The Hall–Kier alpha value is -2.00. The van der Waals surface area contributed by atoms with Gasteiger partial charge in [0.25, 0.3) is 0 Å². The van der Waals surface area contributed by atoms with E-state index in [2.05, 4.69) is 5.32 Å². The van der Waals surface area contributed by atoms with Gasteiger partial charge in [0.2, 0.25) is 5.91 Å². The molecule has 1 aromatic heterocycles. The third kappa shape index (κ3) is 4.00. The number of furan rings is 1. The van der Waals surface area contributed by atoms with E-state index in [1.807, 2.05) is 25.1 Å². The Morgan fingerprint density at radius 3 is 2.89 bits per heavy atom. The van der Waals surface area contributed by atoms with E-state index in [4.69, 9.17) is 16.0 Å². The van der Waals surface area contributed by atoms with Gasteiger partial charge >= 0.3 is 0 Å².